The molecule has 2 heterocycles. The number of piperazine rings is 1. The second-order valence-electron chi connectivity index (χ2n) is 7.15. The van der Waals surface area contributed by atoms with Crippen LogP contribution in [0.5, 0.6) is 0 Å². The molecule has 2 aromatic rings. The van der Waals surface area contributed by atoms with Gasteiger partial charge in [-0.3, -0.25) is 14.5 Å². The van der Waals surface area contributed by atoms with E-state index in [0.29, 0.717) is 17.1 Å². The summed E-state index contributed by atoms with van der Waals surface area (Å²) >= 11 is 5.30. The molecule has 0 atom stereocenters. The van der Waals surface area contributed by atoms with Crippen LogP contribution in [0.3, 0.4) is 0 Å². The van der Waals surface area contributed by atoms with Crippen LogP contribution in [0.15, 0.2) is 24.3 Å². The van der Waals surface area contributed by atoms with E-state index >= 15 is 0 Å². The van der Waals surface area contributed by atoms with Crippen molar-refractivity contribution >= 4 is 18.1 Å². The summed E-state index contributed by atoms with van der Waals surface area (Å²) < 4.78 is 2.20. The smallest absolute Gasteiger partial charge is 0.240 e. The molecule has 0 spiro atoms. The van der Waals surface area contributed by atoms with E-state index in [9.17, 15) is 4.79 Å². The first-order chi connectivity index (χ1) is 13.0. The third kappa shape index (κ3) is 5.47. The van der Waals surface area contributed by atoms with Gasteiger partial charge in [0.1, 0.15) is 6.54 Å². The Morgan fingerprint density at radius 3 is 2.63 bits per heavy atom. The number of aryl methyl sites for hydroxylation is 1. The number of rotatable bonds is 7. The Balaban J connectivity index is 1.49. The van der Waals surface area contributed by atoms with Crippen LogP contribution in [0.2, 0.25) is 0 Å². The number of benzene rings is 1. The van der Waals surface area contributed by atoms with E-state index in [1.165, 1.54) is 5.56 Å². The lowest BCUT2D eigenvalue weighted by Gasteiger charge is -2.32. The van der Waals surface area contributed by atoms with Gasteiger partial charge in [-0.25, -0.2) is 0 Å². The number of hydrogen-bond acceptors (Lipinski definition) is 5. The molecule has 1 aromatic carbocycles. The van der Waals surface area contributed by atoms with Crippen molar-refractivity contribution in [3.05, 3.63) is 34.6 Å². The predicted octanol–water partition coefficient (Wildman–Crippen LogP) is 1.67. The standard InChI is InChI=1S/C19H28N6OS/c1-15-4-6-16(7-5-15)18-21-22-19(27)25(18)14-17(26)20-8-3-9-24-12-10-23(2)11-13-24/h4-7H,3,8-14H2,1-2H3,(H,20,26)(H,22,27). The number of aromatic amines is 1. The summed E-state index contributed by atoms with van der Waals surface area (Å²) in [6, 6.07) is 8.03. The monoisotopic (exact) mass is 388 g/mol. The lowest BCUT2D eigenvalue weighted by atomic mass is 10.1. The molecule has 146 valence electrons. The highest BCUT2D eigenvalue weighted by Gasteiger charge is 2.14. The van der Waals surface area contributed by atoms with E-state index in [1.807, 2.05) is 31.2 Å². The maximum absolute atomic E-state index is 12.4. The molecule has 0 radical (unpaired) electrons. The topological polar surface area (TPSA) is 69.2 Å². The number of H-pyrrole nitrogens is 1. The molecule has 7 nitrogen and oxygen atoms in total. The van der Waals surface area contributed by atoms with Gasteiger partial charge in [0, 0.05) is 38.3 Å². The number of amides is 1. The first-order valence-electron chi connectivity index (χ1n) is 9.43. The number of hydrogen-bond donors (Lipinski definition) is 2. The minimum Gasteiger partial charge on any atom is -0.355 e. The maximum Gasteiger partial charge on any atom is 0.240 e. The van der Waals surface area contributed by atoms with Gasteiger partial charge in [-0.2, -0.15) is 5.10 Å². The summed E-state index contributed by atoms with van der Waals surface area (Å²) in [5.41, 5.74) is 2.12. The molecular weight excluding hydrogens is 360 g/mol. The molecule has 0 saturated carbocycles. The van der Waals surface area contributed by atoms with Gasteiger partial charge in [-0.15, -0.1) is 0 Å². The largest absolute Gasteiger partial charge is 0.355 e. The third-order valence-electron chi connectivity index (χ3n) is 4.94. The lowest BCUT2D eigenvalue weighted by Crippen LogP contribution is -2.45. The second kappa shape index (κ2) is 9.25. The Hall–Kier alpha value is -2.03. The predicted molar refractivity (Wildman–Crippen MR) is 109 cm³/mol. The van der Waals surface area contributed by atoms with Crippen molar-refractivity contribution in [2.45, 2.75) is 19.9 Å². The minimum atomic E-state index is -0.0424. The number of nitrogens with zero attached hydrogens (tertiary/aromatic N) is 4. The van der Waals surface area contributed by atoms with Crippen molar-refractivity contribution < 1.29 is 4.79 Å². The molecule has 2 N–H and O–H groups in total. The van der Waals surface area contributed by atoms with Gasteiger partial charge in [0.2, 0.25) is 5.91 Å². The van der Waals surface area contributed by atoms with Gasteiger partial charge in [-0.1, -0.05) is 29.8 Å². The van der Waals surface area contributed by atoms with Crippen LogP contribution in [0, 0.1) is 11.7 Å². The molecule has 0 aliphatic carbocycles. The Morgan fingerprint density at radius 1 is 1.22 bits per heavy atom. The van der Waals surface area contributed by atoms with Crippen LogP contribution in [0.1, 0.15) is 12.0 Å². The fourth-order valence-corrected chi connectivity index (χ4v) is 3.39. The van der Waals surface area contributed by atoms with Crippen LogP contribution in [0.25, 0.3) is 11.4 Å². The Bertz CT molecular complexity index is 804. The van der Waals surface area contributed by atoms with Gasteiger partial charge >= 0.3 is 0 Å². The minimum absolute atomic E-state index is 0.0424. The summed E-state index contributed by atoms with van der Waals surface area (Å²) in [5.74, 6) is 0.645. The number of aromatic nitrogens is 3. The van der Waals surface area contributed by atoms with Gasteiger partial charge in [-0.05, 0) is 39.2 Å². The van der Waals surface area contributed by atoms with Crippen LogP contribution in [-0.2, 0) is 11.3 Å². The van der Waals surface area contributed by atoms with Crippen molar-refractivity contribution in [1.29, 1.82) is 0 Å². The molecule has 8 heteroatoms. The fourth-order valence-electron chi connectivity index (χ4n) is 3.19. The first kappa shape index (κ1) is 19.7. The quantitative estimate of drug-likeness (QED) is 0.558. The molecule has 27 heavy (non-hydrogen) atoms. The van der Waals surface area contributed by atoms with E-state index in [4.69, 9.17) is 12.2 Å². The van der Waals surface area contributed by atoms with E-state index in [1.54, 1.807) is 4.57 Å². The molecule has 0 bridgehead atoms. The zero-order valence-electron chi connectivity index (χ0n) is 16.1. The zero-order chi connectivity index (χ0) is 19.2. The summed E-state index contributed by atoms with van der Waals surface area (Å²) in [7, 11) is 2.16. The fraction of sp³-hybridized carbons (Fsp3) is 0.526. The molecule has 1 aromatic heterocycles. The van der Waals surface area contributed by atoms with Crippen molar-refractivity contribution in [3.63, 3.8) is 0 Å². The van der Waals surface area contributed by atoms with Crippen LogP contribution >= 0.6 is 12.2 Å². The van der Waals surface area contributed by atoms with Gasteiger partial charge < -0.3 is 15.1 Å². The molecule has 1 aliphatic heterocycles. The summed E-state index contributed by atoms with van der Waals surface area (Å²) in [6.07, 6.45) is 0.955. The SMILES string of the molecule is Cc1ccc(-c2n[nH]c(=S)n2CC(=O)NCCCN2CCN(C)CC2)cc1. The molecule has 1 fully saturated rings. The summed E-state index contributed by atoms with van der Waals surface area (Å²) in [4.78, 5) is 17.2. The van der Waals surface area contributed by atoms with Crippen LogP contribution < -0.4 is 5.32 Å². The van der Waals surface area contributed by atoms with Crippen LogP contribution in [0.4, 0.5) is 0 Å². The van der Waals surface area contributed by atoms with Crippen molar-refractivity contribution in [2.75, 3.05) is 46.3 Å². The number of carbonyl (C=O) groups excluding carboxylic acids is 1. The number of carbonyl (C=O) groups is 1. The Morgan fingerprint density at radius 2 is 1.93 bits per heavy atom. The summed E-state index contributed by atoms with van der Waals surface area (Å²) in [6.45, 7) is 8.36. The highest BCUT2D eigenvalue weighted by Crippen LogP contribution is 2.17. The molecule has 1 saturated heterocycles. The first-order valence-corrected chi connectivity index (χ1v) is 9.83. The Kier molecular flexibility index (Phi) is 6.76. The zero-order valence-corrected chi connectivity index (χ0v) is 16.9. The number of likely N-dealkylation sites (N-methyl/N-ethyl adjacent to an activating group) is 1. The second-order valence-corrected chi connectivity index (χ2v) is 7.54. The van der Waals surface area contributed by atoms with Crippen molar-refractivity contribution in [2.24, 2.45) is 0 Å². The average molecular weight is 389 g/mol. The van der Waals surface area contributed by atoms with E-state index in [2.05, 4.69) is 32.4 Å². The molecule has 3 rings (SSSR count). The normalized spacial score (nSPS) is 15.8. The van der Waals surface area contributed by atoms with Crippen LogP contribution in [-0.4, -0.2) is 76.8 Å². The highest BCUT2D eigenvalue weighted by atomic mass is 32.1. The number of nitrogens with one attached hydrogen (secondary N) is 2. The van der Waals surface area contributed by atoms with E-state index in [-0.39, 0.29) is 12.5 Å². The Labute approximate surface area is 165 Å². The molecule has 1 aliphatic rings. The van der Waals surface area contributed by atoms with Gasteiger partial charge in [0.25, 0.3) is 0 Å². The lowest BCUT2D eigenvalue weighted by molar-refractivity contribution is -0.121. The molecular formula is C19H28N6OS. The third-order valence-corrected chi connectivity index (χ3v) is 5.25. The van der Waals surface area contributed by atoms with Crippen molar-refractivity contribution in [3.8, 4) is 11.4 Å². The molecule has 0 unspecified atom stereocenters. The van der Waals surface area contributed by atoms with Gasteiger partial charge in [0.05, 0.1) is 0 Å². The van der Waals surface area contributed by atoms with E-state index in [0.717, 1.165) is 44.7 Å². The summed E-state index contributed by atoms with van der Waals surface area (Å²) in [5, 5.41) is 10.1. The van der Waals surface area contributed by atoms with Gasteiger partial charge in [0.15, 0.2) is 10.6 Å². The molecule has 1 amide bonds. The highest BCUT2D eigenvalue weighted by molar-refractivity contribution is 7.71. The van der Waals surface area contributed by atoms with E-state index < -0.39 is 0 Å². The van der Waals surface area contributed by atoms with Crippen molar-refractivity contribution in [1.82, 2.24) is 29.9 Å². The maximum atomic E-state index is 12.4. The average Bonchev–Trinajstić information content (AvgIpc) is 3.01.